The van der Waals surface area contributed by atoms with Crippen LogP contribution in [0.5, 0.6) is 0 Å². The number of hydrogen-bond acceptors (Lipinski definition) is 7. The summed E-state index contributed by atoms with van der Waals surface area (Å²) in [5.41, 5.74) is 3.05. The maximum Gasteiger partial charge on any atom is 0.383 e. The Balaban J connectivity index is 1.21. The standard InChI is InChI=1S/C36H44ClN3O6/c1-22-23-9-10-26-34(4,24(23)19-25(41)29(22)42)14-16-36(6)27-20-33(3,12-11-32(27,2)13-15-35(26,36)5)30(43)46-18-8-7-17-39-21-28(40(44)45)38-31(39)37/h7-10,19,21,27,42H,11-18,20H2,1-6H3/b8-7+/t27-,32-,33-,34+,35-,36+/m1/s1. The molecule has 0 aromatic carbocycles. The molecule has 1 aromatic heterocycles. The molecule has 246 valence electrons. The number of aromatic nitrogens is 2. The highest BCUT2D eigenvalue weighted by molar-refractivity contribution is 6.28. The highest BCUT2D eigenvalue weighted by Gasteiger charge is 2.67. The number of aliphatic hydroxyl groups is 1. The van der Waals surface area contributed by atoms with E-state index in [4.69, 9.17) is 16.3 Å². The molecule has 5 aliphatic rings. The molecule has 6 rings (SSSR count). The maximum absolute atomic E-state index is 13.7. The van der Waals surface area contributed by atoms with E-state index in [2.05, 4.69) is 51.8 Å². The van der Waals surface area contributed by atoms with Gasteiger partial charge in [0.15, 0.2) is 5.76 Å². The lowest BCUT2D eigenvalue weighted by molar-refractivity contribution is -0.389. The number of nitrogens with zero attached hydrogens (tertiary/aromatic N) is 3. The molecular formula is C36H44ClN3O6. The average Bonchev–Trinajstić information content (AvgIpc) is 3.39. The van der Waals surface area contributed by atoms with Gasteiger partial charge in [-0.3, -0.25) is 14.2 Å². The van der Waals surface area contributed by atoms with Crippen molar-refractivity contribution < 1.29 is 24.4 Å². The van der Waals surface area contributed by atoms with Crippen LogP contribution in [-0.4, -0.2) is 37.9 Å². The van der Waals surface area contributed by atoms with Gasteiger partial charge >= 0.3 is 17.1 Å². The fraction of sp³-hybridized carbons (Fsp3) is 0.583. The molecule has 10 heteroatoms. The normalized spacial score (nSPS) is 37.0. The van der Waals surface area contributed by atoms with Crippen molar-refractivity contribution in [3.63, 3.8) is 0 Å². The quantitative estimate of drug-likeness (QED) is 0.143. The molecule has 0 radical (unpaired) electrons. The minimum atomic E-state index is -0.611. The van der Waals surface area contributed by atoms with E-state index in [-0.39, 0.29) is 63.4 Å². The maximum atomic E-state index is 13.7. The lowest BCUT2D eigenvalue weighted by Crippen LogP contribution is -2.62. The van der Waals surface area contributed by atoms with Gasteiger partial charge in [0.25, 0.3) is 0 Å². The molecule has 0 bridgehead atoms. The lowest BCUT2D eigenvalue weighted by Gasteiger charge is -2.70. The highest BCUT2D eigenvalue weighted by atomic mass is 35.5. The summed E-state index contributed by atoms with van der Waals surface area (Å²) >= 11 is 6.00. The van der Waals surface area contributed by atoms with Crippen LogP contribution < -0.4 is 0 Å². The zero-order chi connectivity index (χ0) is 33.4. The van der Waals surface area contributed by atoms with Crippen LogP contribution in [0.4, 0.5) is 5.82 Å². The number of carbonyl (C=O) groups is 2. The van der Waals surface area contributed by atoms with Crippen molar-refractivity contribution in [2.24, 2.45) is 33.0 Å². The van der Waals surface area contributed by atoms with Gasteiger partial charge in [0, 0.05) is 17.5 Å². The Labute approximate surface area is 275 Å². The lowest BCUT2D eigenvalue weighted by atomic mass is 9.34. The number of rotatable bonds is 6. The van der Waals surface area contributed by atoms with E-state index in [1.165, 1.54) is 16.3 Å². The van der Waals surface area contributed by atoms with Gasteiger partial charge < -0.3 is 20.0 Å². The molecule has 9 nitrogen and oxygen atoms in total. The molecular weight excluding hydrogens is 606 g/mol. The predicted molar refractivity (Wildman–Crippen MR) is 175 cm³/mol. The van der Waals surface area contributed by atoms with Crippen molar-refractivity contribution in [3.8, 4) is 0 Å². The van der Waals surface area contributed by atoms with Gasteiger partial charge in [-0.15, -0.1) is 0 Å². The van der Waals surface area contributed by atoms with Crippen LogP contribution in [0.2, 0.25) is 5.28 Å². The summed E-state index contributed by atoms with van der Waals surface area (Å²) in [6.07, 6.45) is 17.3. The number of nitro groups is 1. The van der Waals surface area contributed by atoms with Gasteiger partial charge in [-0.2, -0.15) is 0 Å². The number of fused-ring (bicyclic) bond motifs is 7. The summed E-state index contributed by atoms with van der Waals surface area (Å²) in [6.45, 7) is 13.8. The van der Waals surface area contributed by atoms with Gasteiger partial charge in [-0.05, 0) is 126 Å². The van der Waals surface area contributed by atoms with Crippen molar-refractivity contribution in [1.82, 2.24) is 9.55 Å². The third kappa shape index (κ3) is 4.67. The summed E-state index contributed by atoms with van der Waals surface area (Å²) in [5, 5.41) is 21.4. The van der Waals surface area contributed by atoms with Crippen LogP contribution in [-0.2, 0) is 20.9 Å². The van der Waals surface area contributed by atoms with Crippen LogP contribution >= 0.6 is 11.6 Å². The predicted octanol–water partition coefficient (Wildman–Crippen LogP) is 8.17. The third-order valence-corrected chi connectivity index (χ3v) is 13.3. The van der Waals surface area contributed by atoms with E-state index in [1.807, 2.05) is 6.92 Å². The first-order chi connectivity index (χ1) is 21.5. The van der Waals surface area contributed by atoms with Gasteiger partial charge in [0.1, 0.15) is 12.8 Å². The van der Waals surface area contributed by atoms with E-state index >= 15 is 0 Å². The third-order valence-electron chi connectivity index (χ3n) is 13.0. The van der Waals surface area contributed by atoms with Crippen molar-refractivity contribution >= 4 is 29.2 Å². The van der Waals surface area contributed by atoms with E-state index in [9.17, 15) is 24.8 Å². The van der Waals surface area contributed by atoms with Crippen molar-refractivity contribution in [3.05, 3.63) is 80.0 Å². The molecule has 6 atom stereocenters. The van der Waals surface area contributed by atoms with E-state index < -0.39 is 10.3 Å². The number of imidazole rings is 1. The minimum Gasteiger partial charge on any atom is -0.504 e. The molecule has 0 amide bonds. The zero-order valence-electron chi connectivity index (χ0n) is 27.6. The second kappa shape index (κ2) is 10.8. The van der Waals surface area contributed by atoms with Gasteiger partial charge in [0.05, 0.1) is 5.41 Å². The van der Waals surface area contributed by atoms with Crippen LogP contribution in [0.15, 0.2) is 64.6 Å². The Kier molecular flexibility index (Phi) is 7.62. The topological polar surface area (TPSA) is 125 Å². The van der Waals surface area contributed by atoms with E-state index in [0.29, 0.717) is 11.5 Å². The Bertz CT molecular complexity index is 1700. The zero-order valence-corrected chi connectivity index (χ0v) is 28.4. The Hall–Kier alpha value is -3.46. The van der Waals surface area contributed by atoms with Gasteiger partial charge in [0.2, 0.25) is 5.78 Å². The first-order valence-corrected chi connectivity index (χ1v) is 16.7. The molecule has 3 saturated carbocycles. The molecule has 46 heavy (non-hydrogen) atoms. The molecule has 5 aliphatic carbocycles. The Morgan fingerprint density at radius 2 is 1.85 bits per heavy atom. The van der Waals surface area contributed by atoms with Crippen molar-refractivity contribution in [2.75, 3.05) is 6.61 Å². The second-order valence-electron chi connectivity index (χ2n) is 15.5. The summed E-state index contributed by atoms with van der Waals surface area (Å²) in [5.74, 6) is -0.666. The number of carbonyl (C=O) groups excluding carboxylic acids is 2. The number of ketones is 1. The second-order valence-corrected chi connectivity index (χ2v) is 15.8. The summed E-state index contributed by atoms with van der Waals surface area (Å²) in [7, 11) is 0. The molecule has 0 spiro atoms. The average molecular weight is 650 g/mol. The first kappa shape index (κ1) is 32.5. The van der Waals surface area contributed by atoms with Crippen LogP contribution in [0, 0.1) is 43.1 Å². The fourth-order valence-corrected chi connectivity index (χ4v) is 10.00. The SMILES string of the molecule is CC1=C(O)C(=O)C=C2C1=CC=C1[C@@]2(C)CC[C@@]2(C)[C@@H]3C[C@](C)(C(=O)OC/C=C/Cn4cc([N+](=O)[O-])nc4Cl)CC[C@]3(C)CC[C@]12C. The van der Waals surface area contributed by atoms with Gasteiger partial charge in [-0.25, -0.2) is 0 Å². The van der Waals surface area contributed by atoms with E-state index in [1.54, 1.807) is 18.2 Å². The highest BCUT2D eigenvalue weighted by Crippen LogP contribution is 2.75. The minimum absolute atomic E-state index is 0.0257. The van der Waals surface area contributed by atoms with Crippen molar-refractivity contribution in [2.45, 2.75) is 93.0 Å². The molecule has 0 aliphatic heterocycles. The number of allylic oxidation sites excluding steroid dienone is 8. The molecule has 1 N–H and O–H groups in total. The summed E-state index contributed by atoms with van der Waals surface area (Å²) in [4.78, 5) is 40.5. The van der Waals surface area contributed by atoms with Crippen LogP contribution in [0.1, 0.15) is 86.5 Å². The number of halogens is 1. The molecule has 0 unspecified atom stereocenters. The number of hydrogen-bond donors (Lipinski definition) is 1. The largest absolute Gasteiger partial charge is 0.504 e. The smallest absolute Gasteiger partial charge is 0.383 e. The van der Waals surface area contributed by atoms with E-state index in [0.717, 1.165) is 56.1 Å². The molecule has 1 heterocycles. The molecule has 3 fully saturated rings. The Morgan fingerprint density at radius 3 is 2.54 bits per heavy atom. The number of aliphatic hydroxyl groups excluding tert-OH is 1. The Morgan fingerprint density at radius 1 is 1.13 bits per heavy atom. The number of ether oxygens (including phenoxy) is 1. The molecule has 0 saturated heterocycles. The van der Waals surface area contributed by atoms with Crippen molar-refractivity contribution in [1.29, 1.82) is 0 Å². The summed E-state index contributed by atoms with van der Waals surface area (Å²) < 4.78 is 7.28. The first-order valence-electron chi connectivity index (χ1n) is 16.3. The van der Waals surface area contributed by atoms with Crippen LogP contribution in [0.3, 0.4) is 0 Å². The fourth-order valence-electron chi connectivity index (χ4n) is 9.79. The number of esters is 1. The summed E-state index contributed by atoms with van der Waals surface area (Å²) in [6, 6.07) is 0. The molecule has 1 aromatic rings. The monoisotopic (exact) mass is 649 g/mol. The van der Waals surface area contributed by atoms with Crippen LogP contribution in [0.25, 0.3) is 0 Å². The van der Waals surface area contributed by atoms with Gasteiger partial charge in [-0.1, -0.05) is 51.5 Å².